The van der Waals surface area contributed by atoms with Crippen molar-refractivity contribution in [2.45, 2.75) is 32.4 Å². The molecule has 3 N–H and O–H groups in total. The number of nitrogens with one attached hydrogen (secondary N) is 3. The van der Waals surface area contributed by atoms with Crippen molar-refractivity contribution in [3.05, 3.63) is 52.5 Å². The normalized spacial score (nSPS) is 12.6. The predicted molar refractivity (Wildman–Crippen MR) is 98.3 cm³/mol. The second-order valence-electron chi connectivity index (χ2n) is 5.70. The van der Waals surface area contributed by atoms with Gasteiger partial charge in [0.25, 0.3) is 5.91 Å². The van der Waals surface area contributed by atoms with Crippen molar-refractivity contribution in [3.8, 4) is 5.75 Å². The number of thiophene rings is 1. The molecule has 2 atom stereocenters. The highest BCUT2D eigenvalue weighted by Crippen LogP contribution is 2.22. The number of halogens is 1. The maximum atomic E-state index is 13.5. The molecule has 27 heavy (non-hydrogen) atoms. The van der Waals surface area contributed by atoms with Gasteiger partial charge in [0.2, 0.25) is 11.8 Å². The highest BCUT2D eigenvalue weighted by Gasteiger charge is 2.20. The largest absolute Gasteiger partial charge is 0.478 e. The number of rotatable bonds is 7. The van der Waals surface area contributed by atoms with Gasteiger partial charge >= 0.3 is 0 Å². The van der Waals surface area contributed by atoms with Crippen LogP contribution < -0.4 is 20.9 Å². The van der Waals surface area contributed by atoms with E-state index < -0.39 is 29.8 Å². The van der Waals surface area contributed by atoms with E-state index in [0.717, 1.165) is 4.88 Å². The Kier molecular flexibility index (Phi) is 7.30. The topological polar surface area (TPSA) is 96.5 Å². The molecule has 0 aliphatic heterocycles. The van der Waals surface area contributed by atoms with Crippen molar-refractivity contribution in [3.63, 3.8) is 0 Å². The van der Waals surface area contributed by atoms with Gasteiger partial charge in [-0.2, -0.15) is 0 Å². The van der Waals surface area contributed by atoms with Gasteiger partial charge in [-0.15, -0.1) is 11.3 Å². The molecule has 144 valence electrons. The first kappa shape index (κ1) is 20.4. The molecule has 2 aromatic rings. The zero-order chi connectivity index (χ0) is 19.8. The van der Waals surface area contributed by atoms with E-state index in [1.54, 1.807) is 12.1 Å². The summed E-state index contributed by atoms with van der Waals surface area (Å²) in [7, 11) is 0. The lowest BCUT2D eigenvalue weighted by Crippen LogP contribution is -2.48. The third-order valence-corrected chi connectivity index (χ3v) is 4.47. The highest BCUT2D eigenvalue weighted by molar-refractivity contribution is 7.10. The summed E-state index contributed by atoms with van der Waals surface area (Å²) in [5, 5.41) is 4.53. The zero-order valence-electron chi connectivity index (χ0n) is 14.8. The quantitative estimate of drug-likeness (QED) is 0.628. The fourth-order valence-corrected chi connectivity index (χ4v) is 2.99. The predicted octanol–water partition coefficient (Wildman–Crippen LogP) is 2.07. The van der Waals surface area contributed by atoms with Gasteiger partial charge in [-0.25, -0.2) is 4.39 Å². The Balaban J connectivity index is 1.85. The summed E-state index contributed by atoms with van der Waals surface area (Å²) in [5.41, 5.74) is 4.50. The molecule has 7 nitrogen and oxygen atoms in total. The van der Waals surface area contributed by atoms with Crippen molar-refractivity contribution < 1.29 is 23.5 Å². The standard InChI is InChI=1S/C18H20FN3O4S/c1-11(26-15-7-4-3-6-13(15)19)18(25)22-21-17(24)10-14(20-12(2)23)16-8-5-9-27-16/h3-9,11,14H,10H2,1-2H3,(H,20,23)(H,21,24)(H,22,25)/t11-,14-/m1/s1. The molecule has 0 aliphatic rings. The van der Waals surface area contributed by atoms with E-state index in [9.17, 15) is 18.8 Å². The Labute approximate surface area is 159 Å². The number of amides is 3. The van der Waals surface area contributed by atoms with Gasteiger partial charge in [-0.3, -0.25) is 25.2 Å². The monoisotopic (exact) mass is 393 g/mol. The molecule has 1 heterocycles. The molecule has 0 saturated heterocycles. The summed E-state index contributed by atoms with van der Waals surface area (Å²) in [6.45, 7) is 2.79. The molecular formula is C18H20FN3O4S. The van der Waals surface area contributed by atoms with Gasteiger partial charge in [0.15, 0.2) is 17.7 Å². The number of ether oxygens (including phenoxy) is 1. The van der Waals surface area contributed by atoms with Crippen LogP contribution in [0, 0.1) is 5.82 Å². The smallest absolute Gasteiger partial charge is 0.279 e. The second kappa shape index (κ2) is 9.67. The summed E-state index contributed by atoms with van der Waals surface area (Å²) in [4.78, 5) is 36.3. The second-order valence-corrected chi connectivity index (χ2v) is 6.68. The molecule has 0 spiro atoms. The van der Waals surface area contributed by atoms with Crippen LogP contribution in [0.2, 0.25) is 0 Å². The molecule has 3 amide bonds. The molecule has 1 aromatic heterocycles. The van der Waals surface area contributed by atoms with Crippen LogP contribution >= 0.6 is 11.3 Å². The van der Waals surface area contributed by atoms with Crippen LogP contribution in [-0.2, 0) is 14.4 Å². The first-order chi connectivity index (χ1) is 12.9. The molecule has 0 aliphatic carbocycles. The average Bonchev–Trinajstić information content (AvgIpc) is 3.15. The first-order valence-electron chi connectivity index (χ1n) is 8.17. The van der Waals surface area contributed by atoms with Gasteiger partial charge in [0.05, 0.1) is 12.5 Å². The maximum Gasteiger partial charge on any atom is 0.279 e. The van der Waals surface area contributed by atoms with Crippen molar-refractivity contribution >= 4 is 29.1 Å². The molecule has 2 rings (SSSR count). The maximum absolute atomic E-state index is 13.5. The molecule has 0 unspecified atom stereocenters. The fourth-order valence-electron chi connectivity index (χ4n) is 2.21. The van der Waals surface area contributed by atoms with Gasteiger partial charge in [0, 0.05) is 11.8 Å². The summed E-state index contributed by atoms with van der Waals surface area (Å²) in [6, 6.07) is 8.83. The lowest BCUT2D eigenvalue weighted by molar-refractivity contribution is -0.133. The summed E-state index contributed by atoms with van der Waals surface area (Å²) in [6.07, 6.45) is -1.08. The van der Waals surface area contributed by atoms with E-state index >= 15 is 0 Å². The minimum atomic E-state index is -1.02. The number of para-hydroxylation sites is 1. The van der Waals surface area contributed by atoms with E-state index in [1.807, 2.05) is 11.4 Å². The van der Waals surface area contributed by atoms with Crippen molar-refractivity contribution in [2.24, 2.45) is 0 Å². The Hall–Kier alpha value is -2.94. The van der Waals surface area contributed by atoms with Crippen LogP contribution in [0.25, 0.3) is 0 Å². The minimum Gasteiger partial charge on any atom is -0.478 e. The highest BCUT2D eigenvalue weighted by atomic mass is 32.1. The van der Waals surface area contributed by atoms with Crippen LogP contribution in [0.3, 0.4) is 0 Å². The molecule has 0 bridgehead atoms. The lowest BCUT2D eigenvalue weighted by atomic mass is 10.1. The van der Waals surface area contributed by atoms with E-state index in [2.05, 4.69) is 16.2 Å². The number of hydrazine groups is 1. The molecule has 0 saturated carbocycles. The number of hydrogen-bond acceptors (Lipinski definition) is 5. The minimum absolute atomic E-state index is 0.0527. The molecule has 9 heteroatoms. The summed E-state index contributed by atoms with van der Waals surface area (Å²) < 4.78 is 18.8. The van der Waals surface area contributed by atoms with Gasteiger partial charge < -0.3 is 10.1 Å². The van der Waals surface area contributed by atoms with Crippen molar-refractivity contribution in [1.82, 2.24) is 16.2 Å². The van der Waals surface area contributed by atoms with E-state index in [-0.39, 0.29) is 18.1 Å². The Bertz CT molecular complexity index is 798. The van der Waals surface area contributed by atoms with E-state index in [1.165, 1.54) is 43.4 Å². The molecule has 0 fully saturated rings. The first-order valence-corrected chi connectivity index (χ1v) is 9.05. The number of benzene rings is 1. The molecular weight excluding hydrogens is 373 g/mol. The molecule has 1 aromatic carbocycles. The lowest BCUT2D eigenvalue weighted by Gasteiger charge is -2.18. The van der Waals surface area contributed by atoms with Gasteiger partial charge in [-0.05, 0) is 30.5 Å². The van der Waals surface area contributed by atoms with Gasteiger partial charge in [-0.1, -0.05) is 18.2 Å². The summed E-state index contributed by atoms with van der Waals surface area (Å²) in [5.74, 6) is -2.05. The average molecular weight is 393 g/mol. The van der Waals surface area contributed by atoms with Crippen LogP contribution in [-0.4, -0.2) is 23.8 Å². The van der Waals surface area contributed by atoms with Gasteiger partial charge in [0.1, 0.15) is 0 Å². The number of carbonyl (C=O) groups excluding carboxylic acids is 3. The Morgan fingerprint density at radius 3 is 2.52 bits per heavy atom. The Morgan fingerprint density at radius 2 is 1.89 bits per heavy atom. The Morgan fingerprint density at radius 1 is 1.15 bits per heavy atom. The SMILES string of the molecule is CC(=O)N[C@H](CC(=O)NNC(=O)[C@@H](C)Oc1ccccc1F)c1cccs1. The third-order valence-electron chi connectivity index (χ3n) is 3.49. The number of hydrogen-bond donors (Lipinski definition) is 3. The number of carbonyl (C=O) groups is 3. The molecule has 0 radical (unpaired) electrons. The fraction of sp³-hybridized carbons (Fsp3) is 0.278. The van der Waals surface area contributed by atoms with E-state index in [0.29, 0.717) is 0 Å². The third kappa shape index (κ3) is 6.37. The van der Waals surface area contributed by atoms with E-state index in [4.69, 9.17) is 4.74 Å². The van der Waals surface area contributed by atoms with Crippen LogP contribution in [0.4, 0.5) is 4.39 Å². The van der Waals surface area contributed by atoms with Crippen molar-refractivity contribution in [2.75, 3.05) is 0 Å². The van der Waals surface area contributed by atoms with Crippen LogP contribution in [0.5, 0.6) is 5.75 Å². The zero-order valence-corrected chi connectivity index (χ0v) is 15.6. The summed E-state index contributed by atoms with van der Waals surface area (Å²) >= 11 is 1.41. The van der Waals surface area contributed by atoms with Crippen LogP contribution in [0.15, 0.2) is 41.8 Å². The van der Waals surface area contributed by atoms with Crippen LogP contribution in [0.1, 0.15) is 31.2 Å². The van der Waals surface area contributed by atoms with Crippen molar-refractivity contribution in [1.29, 1.82) is 0 Å².